The third-order valence-electron chi connectivity index (χ3n) is 4.24. The van der Waals surface area contributed by atoms with Crippen LogP contribution in [0.4, 0.5) is 11.4 Å². The molecular weight excluding hydrogens is 428 g/mol. The quantitative estimate of drug-likeness (QED) is 0.505. The molecule has 0 saturated carbocycles. The molecule has 2 N–H and O–H groups in total. The number of thiazole rings is 1. The molecule has 0 radical (unpaired) electrons. The summed E-state index contributed by atoms with van der Waals surface area (Å²) >= 11 is 1.32. The smallest absolute Gasteiger partial charge is 0.338 e. The van der Waals surface area contributed by atoms with Crippen molar-refractivity contribution in [2.45, 2.75) is 26.4 Å². The Kier molecular flexibility index (Phi) is 7.67. The number of rotatable bonds is 8. The van der Waals surface area contributed by atoms with E-state index in [1.165, 1.54) is 23.5 Å². The zero-order chi connectivity index (χ0) is 22.9. The van der Waals surface area contributed by atoms with Crippen molar-refractivity contribution in [3.8, 4) is 6.07 Å². The Morgan fingerprint density at radius 1 is 1.00 bits per heavy atom. The highest BCUT2D eigenvalue weighted by Gasteiger charge is 2.12. The molecule has 0 spiro atoms. The summed E-state index contributed by atoms with van der Waals surface area (Å²) in [6.07, 6.45) is -0.113. The molecule has 32 heavy (non-hydrogen) atoms. The number of nitrogens with zero attached hydrogens (tertiary/aromatic N) is 2. The fourth-order valence-electron chi connectivity index (χ4n) is 2.67. The Labute approximate surface area is 188 Å². The standard InChI is InChI=1S/C23H20N4O4S/c1-15-2-6-17(7-3-15)26-21(29)12-22-27-19(14-32-22)13-31-23(30)16-4-8-18(9-5-16)25-20(28)10-11-24/h2-9,14H,10,12-13H2,1H3,(H,25,28)(H,26,29). The van der Waals surface area contributed by atoms with Crippen LogP contribution in [0.25, 0.3) is 0 Å². The Bertz CT molecular complexity index is 1150. The number of aryl methyl sites for hydroxylation is 1. The SMILES string of the molecule is Cc1ccc(NC(=O)Cc2nc(COC(=O)c3ccc(NC(=O)CC#N)cc3)cs2)cc1. The fourth-order valence-corrected chi connectivity index (χ4v) is 3.44. The molecule has 0 atom stereocenters. The van der Waals surface area contributed by atoms with Crippen molar-refractivity contribution in [3.05, 3.63) is 75.7 Å². The van der Waals surface area contributed by atoms with Crippen LogP contribution in [0.2, 0.25) is 0 Å². The third kappa shape index (κ3) is 6.75. The molecule has 0 aliphatic carbocycles. The number of benzene rings is 2. The summed E-state index contributed by atoms with van der Waals surface area (Å²) in [5.41, 5.74) is 3.19. The molecule has 9 heteroatoms. The highest BCUT2D eigenvalue weighted by atomic mass is 32.1. The van der Waals surface area contributed by atoms with Gasteiger partial charge >= 0.3 is 5.97 Å². The summed E-state index contributed by atoms with van der Waals surface area (Å²) in [7, 11) is 0. The molecule has 2 amide bonds. The number of ether oxygens (including phenoxy) is 1. The lowest BCUT2D eigenvalue weighted by Crippen LogP contribution is -2.14. The summed E-state index contributed by atoms with van der Waals surface area (Å²) < 4.78 is 5.27. The number of nitriles is 1. The van der Waals surface area contributed by atoms with Crippen LogP contribution in [-0.2, 0) is 27.4 Å². The van der Waals surface area contributed by atoms with Crippen LogP contribution >= 0.6 is 11.3 Å². The van der Waals surface area contributed by atoms with Gasteiger partial charge in [0.05, 0.1) is 23.7 Å². The van der Waals surface area contributed by atoms with E-state index < -0.39 is 11.9 Å². The normalized spacial score (nSPS) is 10.1. The van der Waals surface area contributed by atoms with E-state index in [0.717, 1.165) is 11.3 Å². The zero-order valence-corrected chi connectivity index (χ0v) is 18.1. The summed E-state index contributed by atoms with van der Waals surface area (Å²) in [5.74, 6) is -1.13. The summed E-state index contributed by atoms with van der Waals surface area (Å²) in [5, 5.41) is 16.2. The average Bonchev–Trinajstić information content (AvgIpc) is 3.21. The van der Waals surface area contributed by atoms with Gasteiger partial charge in [-0.25, -0.2) is 9.78 Å². The summed E-state index contributed by atoms with van der Waals surface area (Å²) in [6, 6.07) is 15.4. The number of carbonyl (C=O) groups excluding carboxylic acids is 3. The Morgan fingerprint density at radius 2 is 1.62 bits per heavy atom. The molecule has 0 unspecified atom stereocenters. The minimum atomic E-state index is -0.536. The lowest BCUT2D eigenvalue weighted by atomic mass is 10.2. The molecule has 0 saturated heterocycles. The zero-order valence-electron chi connectivity index (χ0n) is 17.3. The highest BCUT2D eigenvalue weighted by molar-refractivity contribution is 7.09. The second-order valence-electron chi connectivity index (χ2n) is 6.86. The molecule has 3 aromatic rings. The van der Waals surface area contributed by atoms with Crippen LogP contribution in [-0.4, -0.2) is 22.8 Å². The average molecular weight is 449 g/mol. The van der Waals surface area contributed by atoms with Gasteiger partial charge in [-0.05, 0) is 43.3 Å². The van der Waals surface area contributed by atoms with E-state index in [9.17, 15) is 14.4 Å². The molecule has 1 heterocycles. The molecule has 0 aliphatic heterocycles. The van der Waals surface area contributed by atoms with E-state index >= 15 is 0 Å². The second-order valence-corrected chi connectivity index (χ2v) is 7.80. The lowest BCUT2D eigenvalue weighted by Gasteiger charge is -2.05. The van der Waals surface area contributed by atoms with Crippen molar-refractivity contribution in [3.63, 3.8) is 0 Å². The van der Waals surface area contributed by atoms with Crippen molar-refractivity contribution in [2.75, 3.05) is 10.6 Å². The number of esters is 1. The van der Waals surface area contributed by atoms with Crippen LogP contribution in [0.5, 0.6) is 0 Å². The van der Waals surface area contributed by atoms with E-state index in [2.05, 4.69) is 15.6 Å². The van der Waals surface area contributed by atoms with Gasteiger partial charge < -0.3 is 15.4 Å². The molecule has 0 aliphatic rings. The van der Waals surface area contributed by atoms with Crippen molar-refractivity contribution in [1.29, 1.82) is 5.26 Å². The van der Waals surface area contributed by atoms with Gasteiger partial charge in [0.15, 0.2) is 0 Å². The number of nitrogens with one attached hydrogen (secondary N) is 2. The topological polar surface area (TPSA) is 121 Å². The number of carbonyl (C=O) groups is 3. The van der Waals surface area contributed by atoms with Gasteiger partial charge in [-0.2, -0.15) is 5.26 Å². The molecule has 0 bridgehead atoms. The van der Waals surface area contributed by atoms with Gasteiger partial charge in [0.2, 0.25) is 11.8 Å². The van der Waals surface area contributed by atoms with Gasteiger partial charge in [-0.15, -0.1) is 11.3 Å². The van der Waals surface area contributed by atoms with E-state index in [1.807, 2.05) is 31.2 Å². The van der Waals surface area contributed by atoms with Crippen molar-refractivity contribution < 1.29 is 19.1 Å². The minimum absolute atomic E-state index is 0.0183. The second kappa shape index (κ2) is 10.8. The van der Waals surface area contributed by atoms with Crippen LogP contribution in [0.15, 0.2) is 53.9 Å². The molecule has 8 nitrogen and oxygen atoms in total. The van der Waals surface area contributed by atoms with E-state index in [1.54, 1.807) is 23.6 Å². The van der Waals surface area contributed by atoms with Crippen LogP contribution in [0.1, 0.15) is 33.0 Å². The third-order valence-corrected chi connectivity index (χ3v) is 5.14. The molecular formula is C23H20N4O4S. The number of hydrogen-bond acceptors (Lipinski definition) is 7. The highest BCUT2D eigenvalue weighted by Crippen LogP contribution is 2.15. The first kappa shape index (κ1) is 22.7. The van der Waals surface area contributed by atoms with Gasteiger partial charge in [0.25, 0.3) is 0 Å². The molecule has 0 fully saturated rings. The first-order valence-electron chi connectivity index (χ1n) is 9.66. The molecule has 162 valence electrons. The van der Waals surface area contributed by atoms with Crippen LogP contribution in [0, 0.1) is 18.3 Å². The number of anilines is 2. The van der Waals surface area contributed by atoms with Gasteiger partial charge in [-0.3, -0.25) is 9.59 Å². The van der Waals surface area contributed by atoms with Gasteiger partial charge in [0.1, 0.15) is 18.0 Å². The minimum Gasteiger partial charge on any atom is -0.456 e. The van der Waals surface area contributed by atoms with Gasteiger partial charge in [-0.1, -0.05) is 17.7 Å². The Balaban J connectivity index is 1.47. The monoisotopic (exact) mass is 448 g/mol. The molecule has 1 aromatic heterocycles. The molecule has 2 aromatic carbocycles. The number of hydrogen-bond donors (Lipinski definition) is 2. The van der Waals surface area contributed by atoms with Crippen molar-refractivity contribution in [2.24, 2.45) is 0 Å². The maximum absolute atomic E-state index is 12.2. The van der Waals surface area contributed by atoms with Crippen LogP contribution in [0.3, 0.4) is 0 Å². The van der Waals surface area contributed by atoms with E-state index in [-0.39, 0.29) is 25.4 Å². The first-order valence-corrected chi connectivity index (χ1v) is 10.5. The van der Waals surface area contributed by atoms with Crippen molar-refractivity contribution in [1.82, 2.24) is 4.98 Å². The predicted octanol–water partition coefficient (Wildman–Crippen LogP) is 3.84. The largest absolute Gasteiger partial charge is 0.456 e. The number of amides is 2. The van der Waals surface area contributed by atoms with E-state index in [0.29, 0.717) is 22.0 Å². The maximum atomic E-state index is 12.2. The Morgan fingerprint density at radius 3 is 2.28 bits per heavy atom. The summed E-state index contributed by atoms with van der Waals surface area (Å²) in [6.45, 7) is 1.96. The molecule has 3 rings (SSSR count). The Hall–Kier alpha value is -4.03. The van der Waals surface area contributed by atoms with Crippen molar-refractivity contribution >= 4 is 40.5 Å². The number of aromatic nitrogens is 1. The maximum Gasteiger partial charge on any atom is 0.338 e. The summed E-state index contributed by atoms with van der Waals surface area (Å²) in [4.78, 5) is 40.2. The van der Waals surface area contributed by atoms with E-state index in [4.69, 9.17) is 10.00 Å². The van der Waals surface area contributed by atoms with Gasteiger partial charge in [0, 0.05) is 16.8 Å². The lowest BCUT2D eigenvalue weighted by molar-refractivity contribution is -0.116. The first-order chi connectivity index (χ1) is 15.4. The van der Waals surface area contributed by atoms with Crippen LogP contribution < -0.4 is 10.6 Å². The predicted molar refractivity (Wildman–Crippen MR) is 120 cm³/mol. The fraction of sp³-hybridized carbons (Fsp3) is 0.174.